The molecule has 1 N–H and O–H groups in total. The molecule has 16 heavy (non-hydrogen) atoms. The Hall–Kier alpha value is -1.33. The van der Waals surface area contributed by atoms with E-state index in [0.29, 0.717) is 10.9 Å². The molecule has 2 aromatic rings. The van der Waals surface area contributed by atoms with E-state index in [4.69, 9.17) is 0 Å². The molecular formula is C11H7F3OS. The predicted octanol–water partition coefficient (Wildman–Crippen LogP) is 3.25. The largest absolute Gasteiger partial charge is 0.383 e. The molecule has 84 valence electrons. The van der Waals surface area contributed by atoms with Gasteiger partial charge < -0.3 is 5.11 Å². The van der Waals surface area contributed by atoms with Crippen LogP contribution in [0.2, 0.25) is 0 Å². The zero-order valence-corrected chi connectivity index (χ0v) is 8.77. The number of aliphatic hydroxyl groups excluding tert-OH is 1. The molecule has 0 bridgehead atoms. The fourth-order valence-corrected chi connectivity index (χ4v) is 2.10. The lowest BCUT2D eigenvalue weighted by Crippen LogP contribution is -2.03. The van der Waals surface area contributed by atoms with E-state index in [2.05, 4.69) is 0 Å². The molecule has 0 radical (unpaired) electrons. The van der Waals surface area contributed by atoms with Crippen LogP contribution in [0.4, 0.5) is 13.2 Å². The second-order valence-corrected chi connectivity index (χ2v) is 4.19. The normalized spacial score (nSPS) is 12.8. The topological polar surface area (TPSA) is 20.2 Å². The summed E-state index contributed by atoms with van der Waals surface area (Å²) >= 11 is 1.18. The highest BCUT2D eigenvalue weighted by molar-refractivity contribution is 7.10. The molecule has 1 aromatic carbocycles. The standard InChI is InChI=1S/C11H7F3OS/c12-6-4-7(10(14)8(13)5-6)11(15)9-2-1-3-16-9/h1-5,11,15H. The molecule has 0 aliphatic rings. The van der Waals surface area contributed by atoms with E-state index < -0.39 is 23.6 Å². The minimum Gasteiger partial charge on any atom is -0.383 e. The van der Waals surface area contributed by atoms with E-state index in [-0.39, 0.29) is 5.56 Å². The molecule has 0 aliphatic carbocycles. The highest BCUT2D eigenvalue weighted by Gasteiger charge is 2.20. The summed E-state index contributed by atoms with van der Waals surface area (Å²) in [4.78, 5) is 0.434. The van der Waals surface area contributed by atoms with E-state index in [0.717, 1.165) is 6.07 Å². The van der Waals surface area contributed by atoms with Crippen molar-refractivity contribution in [3.63, 3.8) is 0 Å². The SMILES string of the molecule is OC(c1cccs1)c1cc(F)cc(F)c1F. The minimum absolute atomic E-state index is 0.389. The van der Waals surface area contributed by atoms with Crippen LogP contribution >= 0.6 is 11.3 Å². The number of thiophene rings is 1. The molecule has 1 heterocycles. The van der Waals surface area contributed by atoms with Crippen LogP contribution in [0.15, 0.2) is 29.6 Å². The molecule has 0 amide bonds. The van der Waals surface area contributed by atoms with Gasteiger partial charge in [0.15, 0.2) is 11.6 Å². The second kappa shape index (κ2) is 4.27. The third kappa shape index (κ3) is 1.96. The van der Waals surface area contributed by atoms with Crippen molar-refractivity contribution < 1.29 is 18.3 Å². The average Bonchev–Trinajstić information content (AvgIpc) is 2.75. The molecule has 1 nitrogen and oxygen atoms in total. The summed E-state index contributed by atoms with van der Waals surface area (Å²) in [6.45, 7) is 0. The lowest BCUT2D eigenvalue weighted by Gasteiger charge is -2.10. The summed E-state index contributed by atoms with van der Waals surface area (Å²) < 4.78 is 39.1. The number of rotatable bonds is 2. The Morgan fingerprint density at radius 3 is 2.56 bits per heavy atom. The van der Waals surface area contributed by atoms with Crippen molar-refractivity contribution in [1.82, 2.24) is 0 Å². The fraction of sp³-hybridized carbons (Fsp3) is 0.0909. The third-order valence-corrected chi connectivity index (χ3v) is 3.05. The number of aliphatic hydroxyl groups is 1. The maximum atomic E-state index is 13.3. The number of hydrogen-bond acceptors (Lipinski definition) is 2. The maximum Gasteiger partial charge on any atom is 0.165 e. The Morgan fingerprint density at radius 2 is 1.94 bits per heavy atom. The lowest BCUT2D eigenvalue weighted by atomic mass is 10.1. The molecule has 0 saturated heterocycles. The van der Waals surface area contributed by atoms with Crippen molar-refractivity contribution in [3.8, 4) is 0 Å². The average molecular weight is 244 g/mol. The monoisotopic (exact) mass is 244 g/mol. The van der Waals surface area contributed by atoms with Gasteiger partial charge in [-0.3, -0.25) is 0 Å². The summed E-state index contributed by atoms with van der Waals surface area (Å²) in [5, 5.41) is 11.4. The molecule has 1 atom stereocenters. The Morgan fingerprint density at radius 1 is 1.19 bits per heavy atom. The van der Waals surface area contributed by atoms with Gasteiger partial charge in [-0.1, -0.05) is 6.07 Å². The van der Waals surface area contributed by atoms with Crippen LogP contribution in [0.5, 0.6) is 0 Å². The molecule has 0 aliphatic heterocycles. The molecule has 5 heteroatoms. The Balaban J connectivity index is 2.48. The van der Waals surface area contributed by atoms with Crippen LogP contribution in [0.25, 0.3) is 0 Å². The molecule has 0 saturated carbocycles. The molecular weight excluding hydrogens is 237 g/mol. The Kier molecular flexibility index (Phi) is 2.98. The van der Waals surface area contributed by atoms with Gasteiger partial charge in [0, 0.05) is 16.5 Å². The number of hydrogen-bond donors (Lipinski definition) is 1. The van der Waals surface area contributed by atoms with Gasteiger partial charge in [-0.2, -0.15) is 0 Å². The molecule has 1 aromatic heterocycles. The van der Waals surface area contributed by atoms with E-state index in [1.807, 2.05) is 0 Å². The van der Waals surface area contributed by atoms with E-state index in [1.165, 1.54) is 11.3 Å². The predicted molar refractivity (Wildman–Crippen MR) is 54.7 cm³/mol. The summed E-state index contributed by atoms with van der Waals surface area (Å²) in [5.74, 6) is -3.43. The van der Waals surface area contributed by atoms with Crippen LogP contribution in [0.3, 0.4) is 0 Å². The summed E-state index contributed by atoms with van der Waals surface area (Å²) in [6, 6.07) is 4.47. The Bertz CT molecular complexity index is 496. The van der Waals surface area contributed by atoms with Gasteiger partial charge in [0.05, 0.1) is 0 Å². The molecule has 2 rings (SSSR count). The number of benzene rings is 1. The first kappa shape index (κ1) is 11.2. The number of halogens is 3. The molecule has 0 spiro atoms. The zero-order chi connectivity index (χ0) is 11.7. The van der Waals surface area contributed by atoms with Gasteiger partial charge in [0.25, 0.3) is 0 Å². The van der Waals surface area contributed by atoms with Crippen LogP contribution in [0.1, 0.15) is 16.5 Å². The summed E-state index contributed by atoms with van der Waals surface area (Å²) in [6.07, 6.45) is -1.34. The molecule has 1 unspecified atom stereocenters. The van der Waals surface area contributed by atoms with Gasteiger partial charge in [-0.05, 0) is 17.5 Å². The fourth-order valence-electron chi connectivity index (χ4n) is 1.37. The maximum absolute atomic E-state index is 13.3. The van der Waals surface area contributed by atoms with Gasteiger partial charge in [-0.15, -0.1) is 11.3 Å². The van der Waals surface area contributed by atoms with Gasteiger partial charge in [-0.25, -0.2) is 13.2 Å². The highest BCUT2D eigenvalue weighted by Crippen LogP contribution is 2.29. The third-order valence-electron chi connectivity index (χ3n) is 2.13. The van der Waals surface area contributed by atoms with Crippen LogP contribution in [0, 0.1) is 17.5 Å². The molecule has 0 fully saturated rings. The van der Waals surface area contributed by atoms with Crippen molar-refractivity contribution >= 4 is 11.3 Å². The van der Waals surface area contributed by atoms with E-state index >= 15 is 0 Å². The van der Waals surface area contributed by atoms with Crippen molar-refractivity contribution in [2.24, 2.45) is 0 Å². The second-order valence-electron chi connectivity index (χ2n) is 3.21. The van der Waals surface area contributed by atoms with Crippen LogP contribution < -0.4 is 0 Å². The van der Waals surface area contributed by atoms with E-state index in [1.54, 1.807) is 17.5 Å². The van der Waals surface area contributed by atoms with Gasteiger partial charge in [0.2, 0.25) is 0 Å². The first-order valence-electron chi connectivity index (χ1n) is 4.45. The minimum atomic E-state index is -1.34. The summed E-state index contributed by atoms with van der Waals surface area (Å²) in [5.41, 5.74) is -0.389. The Labute approximate surface area is 93.8 Å². The van der Waals surface area contributed by atoms with Crippen molar-refractivity contribution in [3.05, 3.63) is 57.5 Å². The van der Waals surface area contributed by atoms with Crippen molar-refractivity contribution in [2.45, 2.75) is 6.10 Å². The van der Waals surface area contributed by atoms with Gasteiger partial charge in [0.1, 0.15) is 11.9 Å². The zero-order valence-electron chi connectivity index (χ0n) is 7.95. The lowest BCUT2D eigenvalue weighted by molar-refractivity contribution is 0.216. The van der Waals surface area contributed by atoms with Gasteiger partial charge >= 0.3 is 0 Å². The smallest absolute Gasteiger partial charge is 0.165 e. The first-order chi connectivity index (χ1) is 7.59. The van der Waals surface area contributed by atoms with Crippen LogP contribution in [-0.2, 0) is 0 Å². The quantitative estimate of drug-likeness (QED) is 0.804. The summed E-state index contributed by atoms with van der Waals surface area (Å²) in [7, 11) is 0. The first-order valence-corrected chi connectivity index (χ1v) is 5.33. The van der Waals surface area contributed by atoms with E-state index in [9.17, 15) is 18.3 Å². The van der Waals surface area contributed by atoms with Crippen molar-refractivity contribution in [1.29, 1.82) is 0 Å². The van der Waals surface area contributed by atoms with Crippen LogP contribution in [-0.4, -0.2) is 5.11 Å². The van der Waals surface area contributed by atoms with Crippen molar-refractivity contribution in [2.75, 3.05) is 0 Å². The highest BCUT2D eigenvalue weighted by atomic mass is 32.1.